The standard InChI is InChI=1S/C9H16O3/c1-12-9(11)7-5-3-2-4-6-8(7)10/h7,9,11H,2-6H2,1H3. The normalized spacial score (nSPS) is 28.2. The summed E-state index contributed by atoms with van der Waals surface area (Å²) in [5, 5.41) is 9.34. The summed E-state index contributed by atoms with van der Waals surface area (Å²) in [6, 6.07) is 0. The van der Waals surface area contributed by atoms with Gasteiger partial charge in [-0.2, -0.15) is 0 Å². The molecule has 0 saturated heterocycles. The quantitative estimate of drug-likeness (QED) is 0.501. The lowest BCUT2D eigenvalue weighted by Crippen LogP contribution is -2.28. The molecular formula is C9H16O3. The Balaban J connectivity index is 2.52. The number of carbonyl (C=O) groups excluding carboxylic acids is 1. The molecule has 0 bridgehead atoms. The maximum absolute atomic E-state index is 11.4. The number of carbonyl (C=O) groups is 1. The molecule has 0 amide bonds. The fourth-order valence-corrected chi connectivity index (χ4v) is 1.65. The summed E-state index contributed by atoms with van der Waals surface area (Å²) in [6.45, 7) is 0. The second kappa shape index (κ2) is 4.58. The van der Waals surface area contributed by atoms with Gasteiger partial charge in [0, 0.05) is 13.5 Å². The number of rotatable bonds is 2. The molecule has 1 fully saturated rings. The molecule has 3 heteroatoms. The first-order valence-corrected chi connectivity index (χ1v) is 4.49. The van der Waals surface area contributed by atoms with E-state index in [1.807, 2.05) is 0 Å². The third kappa shape index (κ3) is 2.29. The number of aliphatic hydroxyl groups excluding tert-OH is 1. The van der Waals surface area contributed by atoms with Gasteiger partial charge < -0.3 is 9.84 Å². The zero-order valence-corrected chi connectivity index (χ0v) is 7.45. The first kappa shape index (κ1) is 9.68. The van der Waals surface area contributed by atoms with Crippen molar-refractivity contribution < 1.29 is 14.6 Å². The molecule has 0 aromatic carbocycles. The highest BCUT2D eigenvalue weighted by molar-refractivity contribution is 5.81. The van der Waals surface area contributed by atoms with Crippen LogP contribution in [0.25, 0.3) is 0 Å². The second-order valence-electron chi connectivity index (χ2n) is 3.30. The van der Waals surface area contributed by atoms with Crippen molar-refractivity contribution in [3.05, 3.63) is 0 Å². The van der Waals surface area contributed by atoms with Gasteiger partial charge in [0.1, 0.15) is 5.78 Å². The number of ketones is 1. The van der Waals surface area contributed by atoms with Crippen molar-refractivity contribution >= 4 is 5.78 Å². The monoisotopic (exact) mass is 172 g/mol. The van der Waals surface area contributed by atoms with E-state index < -0.39 is 6.29 Å². The zero-order chi connectivity index (χ0) is 8.97. The fraction of sp³-hybridized carbons (Fsp3) is 0.889. The summed E-state index contributed by atoms with van der Waals surface area (Å²) in [6.07, 6.45) is 3.57. The van der Waals surface area contributed by atoms with Crippen LogP contribution in [0, 0.1) is 5.92 Å². The molecule has 2 unspecified atom stereocenters. The van der Waals surface area contributed by atoms with Crippen LogP contribution >= 0.6 is 0 Å². The number of ether oxygens (including phenoxy) is 1. The first-order chi connectivity index (χ1) is 5.75. The molecule has 12 heavy (non-hydrogen) atoms. The van der Waals surface area contributed by atoms with E-state index in [9.17, 15) is 9.90 Å². The summed E-state index contributed by atoms with van der Waals surface area (Å²) < 4.78 is 4.75. The Kier molecular flexibility index (Phi) is 3.69. The maximum Gasteiger partial charge on any atom is 0.163 e. The molecule has 1 aliphatic carbocycles. The van der Waals surface area contributed by atoms with Gasteiger partial charge in [-0.15, -0.1) is 0 Å². The van der Waals surface area contributed by atoms with Gasteiger partial charge in [0.15, 0.2) is 6.29 Å². The third-order valence-corrected chi connectivity index (χ3v) is 2.44. The second-order valence-corrected chi connectivity index (χ2v) is 3.30. The molecular weight excluding hydrogens is 156 g/mol. The molecule has 0 aliphatic heterocycles. The van der Waals surface area contributed by atoms with Crippen molar-refractivity contribution in [1.29, 1.82) is 0 Å². The summed E-state index contributed by atoms with van der Waals surface area (Å²) >= 11 is 0. The van der Waals surface area contributed by atoms with E-state index in [4.69, 9.17) is 4.74 Å². The van der Waals surface area contributed by atoms with Gasteiger partial charge in [0.05, 0.1) is 5.92 Å². The Hall–Kier alpha value is -0.410. The fourth-order valence-electron chi connectivity index (χ4n) is 1.65. The SMILES string of the molecule is COC(O)C1CCCCCC1=O. The van der Waals surface area contributed by atoms with E-state index in [-0.39, 0.29) is 11.7 Å². The lowest BCUT2D eigenvalue weighted by Gasteiger charge is -2.17. The summed E-state index contributed by atoms with van der Waals surface area (Å²) in [4.78, 5) is 11.4. The minimum Gasteiger partial charge on any atom is -0.367 e. The number of methoxy groups -OCH3 is 1. The zero-order valence-electron chi connectivity index (χ0n) is 7.45. The Bertz CT molecular complexity index is 156. The molecule has 0 radical (unpaired) electrons. The highest BCUT2D eigenvalue weighted by atomic mass is 16.6. The molecule has 0 spiro atoms. The van der Waals surface area contributed by atoms with Crippen molar-refractivity contribution in [3.63, 3.8) is 0 Å². The largest absolute Gasteiger partial charge is 0.367 e. The molecule has 0 heterocycles. The van der Waals surface area contributed by atoms with Crippen LogP contribution in [0.4, 0.5) is 0 Å². The molecule has 2 atom stereocenters. The minimum atomic E-state index is -0.893. The van der Waals surface area contributed by atoms with E-state index in [0.717, 1.165) is 25.7 Å². The van der Waals surface area contributed by atoms with Crippen molar-refractivity contribution in [3.8, 4) is 0 Å². The van der Waals surface area contributed by atoms with Crippen LogP contribution in [-0.4, -0.2) is 24.3 Å². The van der Waals surface area contributed by atoms with Gasteiger partial charge >= 0.3 is 0 Å². The van der Waals surface area contributed by atoms with Gasteiger partial charge in [-0.3, -0.25) is 4.79 Å². The highest BCUT2D eigenvalue weighted by Crippen LogP contribution is 2.22. The van der Waals surface area contributed by atoms with E-state index in [0.29, 0.717) is 6.42 Å². The van der Waals surface area contributed by atoms with Gasteiger partial charge in [-0.1, -0.05) is 12.8 Å². The van der Waals surface area contributed by atoms with Crippen molar-refractivity contribution in [1.82, 2.24) is 0 Å². The van der Waals surface area contributed by atoms with Crippen molar-refractivity contribution in [2.45, 2.75) is 38.4 Å². The Morgan fingerprint density at radius 3 is 2.92 bits per heavy atom. The van der Waals surface area contributed by atoms with Gasteiger partial charge in [0.2, 0.25) is 0 Å². The Labute approximate surface area is 72.7 Å². The number of hydrogen-bond acceptors (Lipinski definition) is 3. The Morgan fingerprint density at radius 1 is 1.50 bits per heavy atom. The van der Waals surface area contributed by atoms with Crippen molar-refractivity contribution in [2.75, 3.05) is 7.11 Å². The molecule has 0 aromatic heterocycles. The maximum atomic E-state index is 11.4. The van der Waals surface area contributed by atoms with Crippen LogP contribution in [0.3, 0.4) is 0 Å². The van der Waals surface area contributed by atoms with Crippen LogP contribution in [0.2, 0.25) is 0 Å². The molecule has 1 N–H and O–H groups in total. The molecule has 3 nitrogen and oxygen atoms in total. The van der Waals surface area contributed by atoms with Crippen LogP contribution in [-0.2, 0) is 9.53 Å². The van der Waals surface area contributed by atoms with Crippen LogP contribution < -0.4 is 0 Å². The van der Waals surface area contributed by atoms with E-state index >= 15 is 0 Å². The molecule has 1 saturated carbocycles. The average molecular weight is 172 g/mol. The van der Waals surface area contributed by atoms with Gasteiger partial charge in [-0.05, 0) is 12.8 Å². The van der Waals surface area contributed by atoms with Gasteiger partial charge in [-0.25, -0.2) is 0 Å². The van der Waals surface area contributed by atoms with E-state index in [1.54, 1.807) is 0 Å². The van der Waals surface area contributed by atoms with Crippen LogP contribution in [0.5, 0.6) is 0 Å². The van der Waals surface area contributed by atoms with Gasteiger partial charge in [0.25, 0.3) is 0 Å². The minimum absolute atomic E-state index is 0.154. The summed E-state index contributed by atoms with van der Waals surface area (Å²) in [5.74, 6) is -0.126. The third-order valence-electron chi connectivity index (χ3n) is 2.44. The van der Waals surface area contributed by atoms with Crippen LogP contribution in [0.15, 0.2) is 0 Å². The molecule has 0 aromatic rings. The Morgan fingerprint density at radius 2 is 2.25 bits per heavy atom. The topological polar surface area (TPSA) is 46.5 Å². The van der Waals surface area contributed by atoms with E-state index in [1.165, 1.54) is 7.11 Å². The lowest BCUT2D eigenvalue weighted by atomic mass is 9.98. The molecule has 1 aliphatic rings. The summed E-state index contributed by atoms with van der Waals surface area (Å²) in [5.41, 5.74) is 0. The number of Topliss-reactive ketones (excluding diaryl/α,β-unsaturated/α-hetero) is 1. The predicted molar refractivity (Wildman–Crippen MR) is 44.6 cm³/mol. The predicted octanol–water partition coefficient (Wildman–Crippen LogP) is 1.10. The van der Waals surface area contributed by atoms with Crippen molar-refractivity contribution in [2.24, 2.45) is 5.92 Å². The van der Waals surface area contributed by atoms with Crippen LogP contribution in [0.1, 0.15) is 32.1 Å². The average Bonchev–Trinajstić information content (AvgIpc) is 2.28. The number of hydrogen-bond donors (Lipinski definition) is 1. The molecule has 70 valence electrons. The highest BCUT2D eigenvalue weighted by Gasteiger charge is 2.27. The lowest BCUT2D eigenvalue weighted by molar-refractivity contribution is -0.146. The molecule has 1 rings (SSSR count). The van der Waals surface area contributed by atoms with E-state index in [2.05, 4.69) is 0 Å². The smallest absolute Gasteiger partial charge is 0.163 e. The number of aliphatic hydroxyl groups is 1. The first-order valence-electron chi connectivity index (χ1n) is 4.49. The summed E-state index contributed by atoms with van der Waals surface area (Å²) in [7, 11) is 1.43.